The third kappa shape index (κ3) is 15.5. The van der Waals surface area contributed by atoms with Gasteiger partial charge in [-0.05, 0) is 45.3 Å². The monoisotopic (exact) mass is 666 g/mol. The van der Waals surface area contributed by atoms with Crippen molar-refractivity contribution in [3.63, 3.8) is 0 Å². The van der Waals surface area contributed by atoms with E-state index in [0.29, 0.717) is 11.8 Å². The van der Waals surface area contributed by atoms with Crippen LogP contribution in [0, 0.1) is 16.2 Å². The van der Waals surface area contributed by atoms with E-state index in [4.69, 9.17) is 22.6 Å². The number of allylic oxidation sites excluding steroid dienone is 3. The first-order chi connectivity index (χ1) is 20.6. The lowest BCUT2D eigenvalue weighted by Crippen LogP contribution is -2.42. The molecule has 2 rings (SSSR count). The van der Waals surface area contributed by atoms with Crippen LogP contribution in [0.1, 0.15) is 120 Å². The summed E-state index contributed by atoms with van der Waals surface area (Å²) in [7, 11) is -1.83. The van der Waals surface area contributed by atoms with Crippen molar-refractivity contribution in [1.82, 2.24) is 0 Å². The van der Waals surface area contributed by atoms with E-state index in [1.165, 1.54) is 12.0 Å². The van der Waals surface area contributed by atoms with E-state index in [2.05, 4.69) is 115 Å². The number of hydrogen-bond donors (Lipinski definition) is 1. The zero-order valence-electron chi connectivity index (χ0n) is 30.7. The highest BCUT2D eigenvalue weighted by atomic mass is 31.2. The maximum absolute atomic E-state index is 10.2. The first kappa shape index (κ1) is 41.8. The molecule has 1 aliphatic heterocycles. The maximum atomic E-state index is 10.2. The number of aliphatic hydroxyl groups excluding tert-OH is 1. The lowest BCUT2D eigenvalue weighted by molar-refractivity contribution is -0.0445. The maximum Gasteiger partial charge on any atom is 0.397 e. The lowest BCUT2D eigenvalue weighted by Gasteiger charge is -2.37. The molecule has 1 aromatic carbocycles. The van der Waals surface area contributed by atoms with Crippen molar-refractivity contribution < 1.29 is 27.7 Å². The van der Waals surface area contributed by atoms with Gasteiger partial charge in [0.2, 0.25) is 9.03 Å². The summed E-state index contributed by atoms with van der Waals surface area (Å²) in [6.45, 7) is 37.0. The molecule has 45 heavy (non-hydrogen) atoms. The van der Waals surface area contributed by atoms with Crippen molar-refractivity contribution in [2.45, 2.75) is 120 Å². The quantitative estimate of drug-likeness (QED) is 0.0787. The Hall–Kier alpha value is -1.26. The molecule has 1 saturated heterocycles. The van der Waals surface area contributed by atoms with Crippen molar-refractivity contribution in [1.29, 1.82) is 0 Å². The van der Waals surface area contributed by atoms with E-state index in [1.54, 1.807) is 0 Å². The summed E-state index contributed by atoms with van der Waals surface area (Å²) in [5, 5.41) is 10.2. The molecule has 0 bridgehead atoms. The van der Waals surface area contributed by atoms with E-state index in [9.17, 15) is 5.11 Å². The topological polar surface area (TPSA) is 66.4 Å². The third-order valence-electron chi connectivity index (χ3n) is 7.43. The first-order valence-electron chi connectivity index (χ1n) is 16.1. The molecule has 0 amide bonds. The van der Waals surface area contributed by atoms with Crippen LogP contribution < -0.4 is 4.52 Å². The molecule has 1 fully saturated rings. The van der Waals surface area contributed by atoms with Crippen molar-refractivity contribution in [2.24, 2.45) is 16.2 Å². The van der Waals surface area contributed by atoms with Gasteiger partial charge in [0.25, 0.3) is 0 Å². The second-order valence-electron chi connectivity index (χ2n) is 16.5. The normalized spacial score (nSPS) is 20.3. The molecule has 0 radical (unpaired) electrons. The molecule has 1 heterocycles. The summed E-state index contributed by atoms with van der Waals surface area (Å²) in [4.78, 5) is 0. The number of benzene rings is 1. The zero-order valence-corrected chi connectivity index (χ0v) is 32.6. The molecule has 0 saturated carbocycles. The van der Waals surface area contributed by atoms with Gasteiger partial charge in [0.1, 0.15) is 11.5 Å². The molecule has 8 heteroatoms. The van der Waals surface area contributed by atoms with Crippen LogP contribution in [-0.2, 0) is 28.9 Å². The van der Waals surface area contributed by atoms with Crippen molar-refractivity contribution >= 4 is 17.6 Å². The van der Waals surface area contributed by atoms with Gasteiger partial charge in [0.05, 0.1) is 31.8 Å². The highest BCUT2D eigenvalue weighted by Crippen LogP contribution is 2.50. The van der Waals surface area contributed by atoms with Gasteiger partial charge in [-0.15, -0.1) is 6.58 Å². The lowest BCUT2D eigenvalue weighted by atomic mass is 9.80. The summed E-state index contributed by atoms with van der Waals surface area (Å²) < 4.78 is 30.1. The average Bonchev–Trinajstić information content (AvgIpc) is 2.93. The third-order valence-corrected chi connectivity index (χ3v) is 9.05. The molecular formula is C37H64O6P2. The average molecular weight is 667 g/mol. The summed E-state index contributed by atoms with van der Waals surface area (Å²) in [6.07, 6.45) is 6.36. The SMILES string of the molecule is C=CC/C(OPOCC1(CO)COP(Oc2ccc(C(C)(C)C)cc2C(C)(C)C)OC1)=C(\C=C)CC(C)(C)C.CCC(C)(C)C. The molecule has 6 nitrogen and oxygen atoms in total. The molecule has 0 aromatic heterocycles. The molecule has 1 atom stereocenters. The summed E-state index contributed by atoms with van der Waals surface area (Å²) in [5.74, 6) is 1.57. The van der Waals surface area contributed by atoms with E-state index in [-0.39, 0.29) is 51.7 Å². The van der Waals surface area contributed by atoms with Crippen LogP contribution in [0.5, 0.6) is 5.75 Å². The second-order valence-corrected chi connectivity index (χ2v) is 18.3. The Labute approximate surface area is 279 Å². The Morgan fingerprint density at radius 3 is 1.96 bits per heavy atom. The van der Waals surface area contributed by atoms with Gasteiger partial charge < -0.3 is 27.7 Å². The van der Waals surface area contributed by atoms with Crippen molar-refractivity contribution in [3.05, 3.63) is 66.0 Å². The minimum absolute atomic E-state index is 0.0366. The molecule has 1 aliphatic rings. The van der Waals surface area contributed by atoms with Gasteiger partial charge >= 0.3 is 8.60 Å². The Morgan fingerprint density at radius 1 is 0.956 bits per heavy atom. The second kappa shape index (κ2) is 17.8. The highest BCUT2D eigenvalue weighted by Gasteiger charge is 2.40. The Bertz CT molecular complexity index is 1090. The summed E-state index contributed by atoms with van der Waals surface area (Å²) in [6, 6.07) is 6.33. The summed E-state index contributed by atoms with van der Waals surface area (Å²) >= 11 is 0. The summed E-state index contributed by atoms with van der Waals surface area (Å²) in [5.41, 5.74) is 3.30. The minimum atomic E-state index is -1.60. The van der Waals surface area contributed by atoms with E-state index >= 15 is 0 Å². The Kier molecular flexibility index (Phi) is 16.5. The fraction of sp³-hybridized carbons (Fsp3) is 0.676. The van der Waals surface area contributed by atoms with Gasteiger partial charge in [0.15, 0.2) is 0 Å². The van der Waals surface area contributed by atoms with E-state index < -0.39 is 14.0 Å². The van der Waals surface area contributed by atoms with Gasteiger partial charge in [-0.25, -0.2) is 0 Å². The molecule has 1 unspecified atom stereocenters. The molecule has 1 aromatic rings. The first-order valence-corrected chi connectivity index (χ1v) is 18.0. The van der Waals surface area contributed by atoms with Crippen LogP contribution in [-0.4, -0.2) is 31.5 Å². The fourth-order valence-electron chi connectivity index (χ4n) is 3.96. The van der Waals surface area contributed by atoms with Crippen LogP contribution in [0.25, 0.3) is 0 Å². The van der Waals surface area contributed by atoms with E-state index in [0.717, 1.165) is 29.1 Å². The van der Waals surface area contributed by atoms with Crippen molar-refractivity contribution in [2.75, 3.05) is 26.4 Å². The molecule has 1 N–H and O–H groups in total. The van der Waals surface area contributed by atoms with Gasteiger partial charge in [-0.3, -0.25) is 0 Å². The van der Waals surface area contributed by atoms with E-state index in [1.807, 2.05) is 18.2 Å². The predicted octanol–water partition coefficient (Wildman–Crippen LogP) is 11.3. The Morgan fingerprint density at radius 2 is 1.53 bits per heavy atom. The van der Waals surface area contributed by atoms with Gasteiger partial charge in [-0.2, -0.15) is 0 Å². The van der Waals surface area contributed by atoms with Crippen LogP contribution in [0.2, 0.25) is 0 Å². The number of rotatable bonds is 12. The van der Waals surface area contributed by atoms with Crippen LogP contribution in [0.3, 0.4) is 0 Å². The van der Waals surface area contributed by atoms with Crippen LogP contribution >= 0.6 is 17.6 Å². The molecule has 0 spiro atoms. The molecule has 0 aliphatic carbocycles. The minimum Gasteiger partial charge on any atom is -0.453 e. The standard InChI is InChI=1S/C31H50O6P2.C6H14/c1-12-14-26(23(13-2)18-28(3,4)5)36-38-33-20-31(19-32)21-34-39(35-22-31)37-27-16-15-24(29(6,7)8)17-25(27)30(9,10)11;1-5-6(2,3)4/h12-13,15-17,32,38H,1-2,14,18-22H2,3-11H3;5H2,1-4H3/b26-23-;. The van der Waals surface area contributed by atoms with Gasteiger partial charge in [0, 0.05) is 12.0 Å². The smallest absolute Gasteiger partial charge is 0.397 e. The highest BCUT2D eigenvalue weighted by molar-refractivity contribution is 7.42. The van der Waals surface area contributed by atoms with Crippen molar-refractivity contribution in [3.8, 4) is 5.75 Å². The van der Waals surface area contributed by atoms with Gasteiger partial charge in [-0.1, -0.05) is 127 Å². The van der Waals surface area contributed by atoms with Crippen LogP contribution in [0.4, 0.5) is 0 Å². The number of hydrogen-bond acceptors (Lipinski definition) is 6. The number of aliphatic hydroxyl groups is 1. The molecular weight excluding hydrogens is 602 g/mol. The molecule has 258 valence electrons. The Balaban J connectivity index is 0.00000153. The predicted molar refractivity (Wildman–Crippen MR) is 194 cm³/mol. The largest absolute Gasteiger partial charge is 0.453 e. The van der Waals surface area contributed by atoms with Crippen LogP contribution in [0.15, 0.2) is 54.8 Å². The zero-order chi connectivity index (χ0) is 34.7. The fourth-order valence-corrected chi connectivity index (χ4v) is 5.96.